The first-order valence-electron chi connectivity index (χ1n) is 16.9. The molecule has 3 N–H and O–H groups in total. The van der Waals surface area contributed by atoms with E-state index in [4.69, 9.17) is 14.2 Å². The number of aliphatic hydroxyl groups excluding tert-OH is 1. The van der Waals surface area contributed by atoms with Crippen LogP contribution in [0.2, 0.25) is 0 Å². The van der Waals surface area contributed by atoms with E-state index < -0.39 is 39.9 Å². The van der Waals surface area contributed by atoms with Crippen LogP contribution in [-0.4, -0.2) is 85.8 Å². The van der Waals surface area contributed by atoms with Crippen LogP contribution in [0.3, 0.4) is 0 Å². The number of aliphatic hydroxyl groups is 1. The van der Waals surface area contributed by atoms with E-state index in [1.807, 2.05) is 13.8 Å². The second-order valence-electron chi connectivity index (χ2n) is 14.1. The second-order valence-corrected chi connectivity index (χ2v) is 17.1. The zero-order valence-electron chi connectivity index (χ0n) is 27.4. The number of benzene rings is 2. The smallest absolute Gasteiger partial charge is 0.407 e. The maximum absolute atomic E-state index is 14.2. The third-order valence-electron chi connectivity index (χ3n) is 9.84. The van der Waals surface area contributed by atoms with Crippen molar-refractivity contribution < 1.29 is 41.3 Å². The molecule has 2 saturated heterocycles. The van der Waals surface area contributed by atoms with Gasteiger partial charge in [-0.25, -0.2) is 27.0 Å². The average molecular weight is 721 g/mol. The number of fused-ring (bicyclic) bond motifs is 1. The number of carbonyl (C=O) groups excluding carboxylic acids is 1. The summed E-state index contributed by atoms with van der Waals surface area (Å²) in [6, 6.07) is 7.01. The van der Waals surface area contributed by atoms with Crippen LogP contribution in [0.25, 0.3) is 10.2 Å². The van der Waals surface area contributed by atoms with Gasteiger partial charge in [0.1, 0.15) is 17.7 Å². The van der Waals surface area contributed by atoms with Crippen molar-refractivity contribution in [3.05, 3.63) is 53.6 Å². The van der Waals surface area contributed by atoms with E-state index in [1.54, 1.807) is 12.1 Å². The lowest BCUT2D eigenvalue weighted by Crippen LogP contribution is -2.51. The van der Waals surface area contributed by atoms with E-state index in [0.717, 1.165) is 42.6 Å². The fraction of sp³-hybridized carbons (Fsp3) is 0.588. The quantitative estimate of drug-likeness (QED) is 0.225. The average Bonchev–Trinajstić information content (AvgIpc) is 3.44. The van der Waals surface area contributed by atoms with Crippen LogP contribution in [0.1, 0.15) is 45.1 Å². The molecule has 49 heavy (non-hydrogen) atoms. The molecule has 1 amide bonds. The van der Waals surface area contributed by atoms with Gasteiger partial charge in [-0.2, -0.15) is 4.31 Å². The molecule has 0 bridgehead atoms. The third kappa shape index (κ3) is 7.71. The van der Waals surface area contributed by atoms with E-state index in [9.17, 15) is 27.1 Å². The molecule has 4 aliphatic rings. The Morgan fingerprint density at radius 3 is 2.63 bits per heavy atom. The molecule has 0 spiro atoms. The molecule has 0 radical (unpaired) electrons. The van der Waals surface area contributed by atoms with Crippen LogP contribution < -0.4 is 10.6 Å². The van der Waals surface area contributed by atoms with Crippen LogP contribution in [-0.2, 0) is 30.7 Å². The van der Waals surface area contributed by atoms with Gasteiger partial charge < -0.3 is 30.0 Å². The van der Waals surface area contributed by atoms with Gasteiger partial charge in [-0.1, -0.05) is 25.2 Å². The van der Waals surface area contributed by atoms with Gasteiger partial charge in [0.15, 0.2) is 11.4 Å². The summed E-state index contributed by atoms with van der Waals surface area (Å²) in [5.74, 6) is -1.30. The summed E-state index contributed by atoms with van der Waals surface area (Å²) >= 11 is 1.38. The zero-order valence-corrected chi connectivity index (χ0v) is 29.0. The third-order valence-corrected chi connectivity index (χ3v) is 12.6. The standard InChI is InChI=1S/C34H42F2N4O7S2/c1-18(2)15-40(49(43,44)24-5-6-26-30(14-24)48-33(38-26)37-23-3-4-23)16-28(41)27(11-19-9-21(35)13-22(36)10-19)39-34(42)47-29-12-20-17-46-32-31(20)25(29)7-8-45-32/h5-6,9-10,13-14,18,20,23,25,27-29,31-32,41H,3-4,7-8,11-12,15-17H2,1-2H3,(H,37,38)(H,39,42)/t20?,25-,27+,28-,29-,31+,32+/m1/s1. The van der Waals surface area contributed by atoms with Gasteiger partial charge >= 0.3 is 6.09 Å². The van der Waals surface area contributed by atoms with Gasteiger partial charge in [-0.15, -0.1) is 0 Å². The molecule has 4 fully saturated rings. The van der Waals surface area contributed by atoms with Crippen molar-refractivity contribution in [3.8, 4) is 0 Å². The molecular weight excluding hydrogens is 679 g/mol. The topological polar surface area (TPSA) is 139 Å². The predicted molar refractivity (Wildman–Crippen MR) is 179 cm³/mol. The molecule has 2 aromatic carbocycles. The number of thiazole rings is 1. The highest BCUT2D eigenvalue weighted by molar-refractivity contribution is 7.89. The second kappa shape index (κ2) is 14.0. The number of nitrogens with one attached hydrogen (secondary N) is 2. The van der Waals surface area contributed by atoms with Crippen molar-refractivity contribution in [2.24, 2.45) is 23.7 Å². The molecular formula is C34H42F2N4O7S2. The predicted octanol–water partition coefficient (Wildman–Crippen LogP) is 4.89. The van der Waals surface area contributed by atoms with Gasteiger partial charge in [-0.3, -0.25) is 0 Å². The van der Waals surface area contributed by atoms with E-state index in [-0.39, 0.29) is 66.0 Å². The summed E-state index contributed by atoms with van der Waals surface area (Å²) < 4.78 is 75.9. The van der Waals surface area contributed by atoms with Gasteiger partial charge in [0.2, 0.25) is 10.0 Å². The van der Waals surface area contributed by atoms with Gasteiger partial charge in [0, 0.05) is 37.0 Å². The lowest BCUT2D eigenvalue weighted by molar-refractivity contribution is -0.173. The van der Waals surface area contributed by atoms with Crippen LogP contribution in [0.4, 0.5) is 18.7 Å². The molecule has 2 saturated carbocycles. The van der Waals surface area contributed by atoms with Crippen molar-refractivity contribution in [1.29, 1.82) is 0 Å². The van der Waals surface area contributed by atoms with Crippen LogP contribution in [0, 0.1) is 35.3 Å². The van der Waals surface area contributed by atoms with E-state index in [1.165, 1.54) is 21.7 Å². The number of halogens is 2. The molecule has 1 aromatic heterocycles. The Labute approximate surface area is 288 Å². The number of alkyl carbamates (subject to hydrolysis) is 1. The first-order valence-corrected chi connectivity index (χ1v) is 19.2. The molecule has 2 aliphatic heterocycles. The highest BCUT2D eigenvalue weighted by atomic mass is 32.2. The fourth-order valence-electron chi connectivity index (χ4n) is 7.44. The molecule has 2 aliphatic carbocycles. The molecule has 15 heteroatoms. The Morgan fingerprint density at radius 1 is 1.12 bits per heavy atom. The summed E-state index contributed by atoms with van der Waals surface area (Å²) in [5, 5.41) is 18.4. The van der Waals surface area contributed by atoms with Crippen molar-refractivity contribution in [1.82, 2.24) is 14.6 Å². The van der Waals surface area contributed by atoms with E-state index >= 15 is 0 Å². The SMILES string of the molecule is CC(C)CN(C[C@@H](O)[C@H](Cc1cc(F)cc(F)c1)NC(=O)O[C@@H]1CC2CO[C@@H]3OCC[C@H]1[C@H]23)S(=O)(=O)c1ccc2nc(NC3CC3)sc2c1. The first-order chi connectivity index (χ1) is 23.4. The Kier molecular flexibility index (Phi) is 9.85. The molecule has 7 atom stereocenters. The Bertz CT molecular complexity index is 1770. The van der Waals surface area contributed by atoms with Gasteiger partial charge in [0.05, 0.1) is 40.5 Å². The highest BCUT2D eigenvalue weighted by Gasteiger charge is 2.55. The van der Waals surface area contributed by atoms with Crippen LogP contribution in [0.5, 0.6) is 0 Å². The highest BCUT2D eigenvalue weighted by Crippen LogP contribution is 2.50. The van der Waals surface area contributed by atoms with Crippen LogP contribution in [0.15, 0.2) is 41.3 Å². The maximum atomic E-state index is 14.2. The van der Waals surface area contributed by atoms with E-state index in [0.29, 0.717) is 35.9 Å². The molecule has 3 heterocycles. The summed E-state index contributed by atoms with van der Waals surface area (Å²) in [6.45, 7) is 4.46. The minimum Gasteiger partial charge on any atom is -0.446 e. The normalized spacial score (nSPS) is 26.2. The Balaban J connectivity index is 1.10. The number of nitrogens with zero attached hydrogens (tertiary/aromatic N) is 2. The summed E-state index contributed by atoms with van der Waals surface area (Å²) in [5.41, 5.74) is 0.869. The number of ether oxygens (including phenoxy) is 3. The number of amides is 1. The fourth-order valence-corrected chi connectivity index (χ4v) is 10.1. The number of hydrogen-bond acceptors (Lipinski definition) is 10. The maximum Gasteiger partial charge on any atom is 0.407 e. The summed E-state index contributed by atoms with van der Waals surface area (Å²) in [6.07, 6.45) is 0.396. The van der Waals surface area contributed by atoms with E-state index in [2.05, 4.69) is 15.6 Å². The zero-order chi connectivity index (χ0) is 34.4. The van der Waals surface area contributed by atoms with Gasteiger partial charge in [-0.05, 0) is 79.8 Å². The molecule has 7 rings (SSSR count). The Morgan fingerprint density at radius 2 is 1.90 bits per heavy atom. The van der Waals surface area contributed by atoms with Gasteiger partial charge in [0.25, 0.3) is 0 Å². The molecule has 11 nitrogen and oxygen atoms in total. The first kappa shape index (κ1) is 34.5. The van der Waals surface area contributed by atoms with Crippen molar-refractivity contribution >= 4 is 42.8 Å². The van der Waals surface area contributed by atoms with Crippen molar-refractivity contribution in [2.45, 2.75) is 81.4 Å². The Hall–Kier alpha value is -2.95. The largest absolute Gasteiger partial charge is 0.446 e. The lowest BCUT2D eigenvalue weighted by atomic mass is 9.87. The number of sulfonamides is 1. The molecule has 1 unspecified atom stereocenters. The monoisotopic (exact) mass is 720 g/mol. The minimum atomic E-state index is -4.13. The summed E-state index contributed by atoms with van der Waals surface area (Å²) in [4.78, 5) is 18.0. The van der Waals surface area contributed by atoms with Crippen molar-refractivity contribution in [2.75, 3.05) is 31.6 Å². The van der Waals surface area contributed by atoms with Crippen LogP contribution >= 0.6 is 11.3 Å². The lowest BCUT2D eigenvalue weighted by Gasteiger charge is -2.33. The molecule has 266 valence electrons. The number of anilines is 1. The molecule has 3 aromatic rings. The van der Waals surface area contributed by atoms with Crippen molar-refractivity contribution in [3.63, 3.8) is 0 Å². The number of rotatable bonds is 13. The number of aromatic nitrogens is 1. The number of hydrogen-bond donors (Lipinski definition) is 3. The number of carbonyl (C=O) groups is 1. The summed E-state index contributed by atoms with van der Waals surface area (Å²) in [7, 11) is -4.13. The minimum absolute atomic E-state index is 0.0520.